The van der Waals surface area contributed by atoms with Gasteiger partial charge in [0, 0.05) is 12.2 Å². The zero-order valence-electron chi connectivity index (χ0n) is 9.74. The average molecular weight is 224 g/mol. The van der Waals surface area contributed by atoms with E-state index in [1.165, 1.54) is 6.92 Å². The predicted molar refractivity (Wildman–Crippen MR) is 60.0 cm³/mol. The molecule has 4 nitrogen and oxygen atoms in total. The van der Waals surface area contributed by atoms with Gasteiger partial charge in [-0.3, -0.25) is 4.79 Å². The summed E-state index contributed by atoms with van der Waals surface area (Å²) in [5, 5.41) is 9.76. The van der Waals surface area contributed by atoms with Crippen LogP contribution in [-0.4, -0.2) is 24.3 Å². The first-order valence-electron chi connectivity index (χ1n) is 5.12. The molecule has 0 aromatic heterocycles. The Kier molecular flexibility index (Phi) is 4.31. The number of ether oxygens (including phenoxy) is 2. The number of carbonyl (C=O) groups excluding carboxylic acids is 1. The smallest absolute Gasteiger partial charge is 0.189 e. The highest BCUT2D eigenvalue weighted by Crippen LogP contribution is 2.30. The quantitative estimate of drug-likeness (QED) is 0.473. The molecular formula is C12H16O4. The van der Waals surface area contributed by atoms with Gasteiger partial charge in [0.05, 0.1) is 5.56 Å². The number of carbonyl (C=O) groups is 1. The molecule has 0 aliphatic carbocycles. The predicted octanol–water partition coefficient (Wildman–Crippen LogP) is 2.28. The highest BCUT2D eigenvalue weighted by molar-refractivity contribution is 5.97. The molecule has 16 heavy (non-hydrogen) atoms. The molecule has 0 atom stereocenters. The second kappa shape index (κ2) is 5.51. The molecule has 0 aliphatic rings. The Labute approximate surface area is 94.8 Å². The van der Waals surface area contributed by atoms with Crippen molar-refractivity contribution in [1.29, 1.82) is 0 Å². The molecule has 0 amide bonds. The maximum absolute atomic E-state index is 11.2. The van der Waals surface area contributed by atoms with Crippen molar-refractivity contribution < 1.29 is 19.4 Å². The molecule has 0 unspecified atom stereocenters. The summed E-state index contributed by atoms with van der Waals surface area (Å²) in [6.45, 7) is 5.68. The molecule has 1 aromatic rings. The first-order chi connectivity index (χ1) is 7.57. The van der Waals surface area contributed by atoms with Crippen LogP contribution in [0.15, 0.2) is 12.1 Å². The minimum atomic E-state index is -0.169. The minimum absolute atomic E-state index is 0.0264. The molecule has 0 radical (unpaired) electrons. The summed E-state index contributed by atoms with van der Waals surface area (Å²) in [5.74, 6) is 0.328. The van der Waals surface area contributed by atoms with Crippen LogP contribution >= 0.6 is 0 Å². The molecule has 0 spiro atoms. The van der Waals surface area contributed by atoms with Crippen LogP contribution in [0.3, 0.4) is 0 Å². The number of aromatic hydroxyl groups is 1. The Morgan fingerprint density at radius 3 is 2.69 bits per heavy atom. The summed E-state index contributed by atoms with van der Waals surface area (Å²) < 4.78 is 10.3. The number of benzene rings is 1. The summed E-state index contributed by atoms with van der Waals surface area (Å²) in [6, 6.07) is 3.21. The van der Waals surface area contributed by atoms with Gasteiger partial charge in [0.15, 0.2) is 12.6 Å². The Morgan fingerprint density at radius 2 is 2.12 bits per heavy atom. The summed E-state index contributed by atoms with van der Waals surface area (Å²) in [5.41, 5.74) is 0.855. The third-order valence-electron chi connectivity index (χ3n) is 2.26. The standard InChI is InChI=1S/C12H16O4/c1-4-15-7-16-11-6-5-10(9(3)13)12(14)8(11)2/h5-6,14H,4,7H2,1-3H3. The second-order valence-electron chi connectivity index (χ2n) is 3.40. The Bertz CT molecular complexity index is 385. The maximum atomic E-state index is 11.2. The van der Waals surface area contributed by atoms with Gasteiger partial charge in [-0.05, 0) is 32.9 Å². The van der Waals surface area contributed by atoms with Crippen molar-refractivity contribution in [3.63, 3.8) is 0 Å². The van der Waals surface area contributed by atoms with E-state index in [0.717, 1.165) is 0 Å². The number of hydrogen-bond acceptors (Lipinski definition) is 4. The number of phenolic OH excluding ortho intramolecular Hbond substituents is 1. The van der Waals surface area contributed by atoms with Crippen molar-refractivity contribution in [2.24, 2.45) is 0 Å². The van der Waals surface area contributed by atoms with Crippen LogP contribution in [0.2, 0.25) is 0 Å². The van der Waals surface area contributed by atoms with Crippen molar-refractivity contribution in [3.8, 4) is 11.5 Å². The van der Waals surface area contributed by atoms with E-state index in [1.54, 1.807) is 19.1 Å². The van der Waals surface area contributed by atoms with Gasteiger partial charge in [0.1, 0.15) is 11.5 Å². The van der Waals surface area contributed by atoms with Crippen LogP contribution in [0.4, 0.5) is 0 Å². The lowest BCUT2D eigenvalue weighted by Crippen LogP contribution is -2.04. The van der Waals surface area contributed by atoms with Gasteiger partial charge in [0.2, 0.25) is 0 Å². The van der Waals surface area contributed by atoms with Crippen LogP contribution in [0.5, 0.6) is 11.5 Å². The molecule has 0 fully saturated rings. The highest BCUT2D eigenvalue weighted by atomic mass is 16.7. The Hall–Kier alpha value is -1.55. The van der Waals surface area contributed by atoms with Gasteiger partial charge in [0.25, 0.3) is 0 Å². The number of Topliss-reactive ketones (excluding diaryl/α,β-unsaturated/α-hetero) is 1. The lowest BCUT2D eigenvalue weighted by Gasteiger charge is -2.11. The molecule has 1 rings (SSSR count). The highest BCUT2D eigenvalue weighted by Gasteiger charge is 2.12. The summed E-state index contributed by atoms with van der Waals surface area (Å²) in [6.07, 6.45) is 0. The van der Waals surface area contributed by atoms with Crippen molar-refractivity contribution in [2.45, 2.75) is 20.8 Å². The van der Waals surface area contributed by atoms with E-state index in [0.29, 0.717) is 23.5 Å². The van der Waals surface area contributed by atoms with Crippen LogP contribution < -0.4 is 4.74 Å². The molecule has 0 aliphatic heterocycles. The fraction of sp³-hybridized carbons (Fsp3) is 0.417. The van der Waals surface area contributed by atoms with E-state index in [1.807, 2.05) is 6.92 Å². The summed E-state index contributed by atoms with van der Waals surface area (Å²) in [7, 11) is 0. The molecule has 4 heteroatoms. The SMILES string of the molecule is CCOCOc1ccc(C(C)=O)c(O)c1C. The largest absolute Gasteiger partial charge is 0.507 e. The molecular weight excluding hydrogens is 208 g/mol. The molecule has 0 saturated carbocycles. The normalized spacial score (nSPS) is 10.2. The average Bonchev–Trinajstić information content (AvgIpc) is 2.24. The van der Waals surface area contributed by atoms with Crippen molar-refractivity contribution in [3.05, 3.63) is 23.3 Å². The van der Waals surface area contributed by atoms with Gasteiger partial charge < -0.3 is 14.6 Å². The summed E-state index contributed by atoms with van der Waals surface area (Å²) >= 11 is 0. The third kappa shape index (κ3) is 2.73. The van der Waals surface area contributed by atoms with Gasteiger partial charge in [-0.1, -0.05) is 0 Å². The second-order valence-corrected chi connectivity index (χ2v) is 3.40. The zero-order valence-corrected chi connectivity index (χ0v) is 9.74. The van der Waals surface area contributed by atoms with Gasteiger partial charge in [-0.15, -0.1) is 0 Å². The maximum Gasteiger partial charge on any atom is 0.189 e. The topological polar surface area (TPSA) is 55.8 Å². The number of hydrogen-bond donors (Lipinski definition) is 1. The Morgan fingerprint density at radius 1 is 1.44 bits per heavy atom. The zero-order chi connectivity index (χ0) is 12.1. The van der Waals surface area contributed by atoms with Crippen molar-refractivity contribution in [2.75, 3.05) is 13.4 Å². The van der Waals surface area contributed by atoms with Gasteiger partial charge in [-0.25, -0.2) is 0 Å². The molecule has 0 heterocycles. The third-order valence-corrected chi connectivity index (χ3v) is 2.26. The van der Waals surface area contributed by atoms with E-state index >= 15 is 0 Å². The van der Waals surface area contributed by atoms with Crippen molar-refractivity contribution >= 4 is 5.78 Å². The van der Waals surface area contributed by atoms with E-state index in [9.17, 15) is 9.90 Å². The lowest BCUT2D eigenvalue weighted by molar-refractivity contribution is 0.0219. The fourth-order valence-corrected chi connectivity index (χ4v) is 1.31. The van der Waals surface area contributed by atoms with Crippen molar-refractivity contribution in [1.82, 2.24) is 0 Å². The minimum Gasteiger partial charge on any atom is -0.507 e. The lowest BCUT2D eigenvalue weighted by atomic mass is 10.1. The van der Waals surface area contributed by atoms with E-state index in [-0.39, 0.29) is 18.3 Å². The number of ketones is 1. The van der Waals surface area contributed by atoms with Gasteiger partial charge in [-0.2, -0.15) is 0 Å². The van der Waals surface area contributed by atoms with E-state index in [4.69, 9.17) is 9.47 Å². The first-order valence-corrected chi connectivity index (χ1v) is 5.12. The molecule has 1 aromatic carbocycles. The molecule has 88 valence electrons. The van der Waals surface area contributed by atoms with Crippen LogP contribution in [0, 0.1) is 6.92 Å². The van der Waals surface area contributed by atoms with Gasteiger partial charge >= 0.3 is 0 Å². The monoisotopic (exact) mass is 224 g/mol. The first kappa shape index (κ1) is 12.5. The number of rotatable bonds is 5. The molecule has 0 saturated heterocycles. The van der Waals surface area contributed by atoms with E-state index in [2.05, 4.69) is 0 Å². The fourth-order valence-electron chi connectivity index (χ4n) is 1.31. The van der Waals surface area contributed by atoms with E-state index < -0.39 is 0 Å². The van der Waals surface area contributed by atoms with Crippen LogP contribution in [-0.2, 0) is 4.74 Å². The summed E-state index contributed by atoms with van der Waals surface area (Å²) in [4.78, 5) is 11.2. The van der Waals surface area contributed by atoms with Crippen LogP contribution in [0.1, 0.15) is 29.8 Å². The van der Waals surface area contributed by atoms with Crippen LogP contribution in [0.25, 0.3) is 0 Å². The Balaban J connectivity index is 2.89. The molecule has 1 N–H and O–H groups in total. The number of phenols is 1. The molecule has 0 bridgehead atoms.